The molecule has 30 heteroatoms. The van der Waals surface area contributed by atoms with Crippen LogP contribution in [0.1, 0.15) is 127 Å². The number of carbonyl (C=O) groups excluding carboxylic acids is 1. The molecule has 496 valence electrons. The van der Waals surface area contributed by atoms with E-state index < -0.39 is 198 Å². The smallest absolute Gasteiger partial charge is 0.726 e. The van der Waals surface area contributed by atoms with Crippen LogP contribution >= 0.6 is 0 Å². The third kappa shape index (κ3) is 14.2. The van der Waals surface area contributed by atoms with Crippen LogP contribution in [0.5, 0.6) is 0 Å². The van der Waals surface area contributed by atoms with Crippen molar-refractivity contribution in [1.82, 2.24) is 0 Å². The van der Waals surface area contributed by atoms with E-state index in [1.54, 1.807) is 6.92 Å². The second-order valence-electron chi connectivity index (χ2n) is 27.3. The van der Waals surface area contributed by atoms with Crippen molar-refractivity contribution in [3.05, 3.63) is 11.6 Å². The van der Waals surface area contributed by atoms with Gasteiger partial charge in [0, 0.05) is 12.8 Å². The van der Waals surface area contributed by atoms with Gasteiger partial charge >= 0.3 is 29.6 Å². The summed E-state index contributed by atoms with van der Waals surface area (Å²) in [6.07, 6.45) is -38.6. The number of rotatable bonds is 17. The summed E-state index contributed by atoms with van der Waals surface area (Å²) in [5.74, 6) is -4.18. The Bertz CT molecular complexity index is 2500. The second-order valence-corrected chi connectivity index (χ2v) is 28.3. The van der Waals surface area contributed by atoms with E-state index in [1.165, 1.54) is 34.6 Å². The molecule has 0 radical (unpaired) electrons. The van der Waals surface area contributed by atoms with Crippen molar-refractivity contribution in [3.8, 4) is 0 Å². The van der Waals surface area contributed by atoms with E-state index in [-0.39, 0.29) is 84.7 Å². The van der Waals surface area contributed by atoms with Gasteiger partial charge in [-0.1, -0.05) is 39.3 Å². The van der Waals surface area contributed by atoms with E-state index in [1.807, 2.05) is 20.8 Å². The molecule has 9 aliphatic rings. The third-order valence-corrected chi connectivity index (χ3v) is 21.2. The molecule has 9 rings (SSSR count). The number of ketones is 1. The van der Waals surface area contributed by atoms with Gasteiger partial charge in [0.05, 0.1) is 42.2 Å². The van der Waals surface area contributed by atoms with Crippen molar-refractivity contribution in [2.75, 3.05) is 0 Å². The maximum atomic E-state index is 13.2. The normalized spacial score (nSPS) is 50.8. The van der Waals surface area contributed by atoms with Crippen LogP contribution in [0.4, 0.5) is 0 Å². The van der Waals surface area contributed by atoms with Gasteiger partial charge in [-0.05, 0) is 127 Å². The summed E-state index contributed by atoms with van der Waals surface area (Å²) < 4.78 is 103. The van der Waals surface area contributed by atoms with E-state index in [0.717, 1.165) is 5.57 Å². The fourth-order valence-corrected chi connectivity index (χ4v) is 16.5. The van der Waals surface area contributed by atoms with Crippen molar-refractivity contribution in [2.45, 2.75) is 298 Å². The standard InChI is InChI=1S/C57H94O28S.Na/c1-21(2)17-27(58)20-56(10,69)34-12-11-30-29-19-33(32-18-28(85-86(72,73)74)13-15-54(32,8)31(29)14-16-55(30,34)9)80-51-44(68)48(57(70,71)26(7)79-51)84-53-47(83-50-42(66)39(63)36(60)23(4)76-50)43(67)45(25(6)78-53)81-52-46(40(64)37(61)24(5)77-52)82-49-41(65)38(62)35(59)22(3)75-49;/h14,21-26,28-30,32-53,59-71H,11-13,15-20H2,1-10H3,(H,72,73,74);/q;+1/p-1/t22-,23-,24-,25-,26-,28+,29+,30+,32?,33+,34+,35+,36-,37+,38+,39+,40+,41-,42-,43+,44-,45-,46-,47-,48-,49+,50+,51+,52+,53+,54-,55+,56+;/m1./s1. The van der Waals surface area contributed by atoms with Crippen LogP contribution in [0, 0.1) is 40.4 Å². The summed E-state index contributed by atoms with van der Waals surface area (Å²) in [5.41, 5.74) is -1.44. The molecule has 0 bridgehead atoms. The summed E-state index contributed by atoms with van der Waals surface area (Å²) in [6.45, 7) is 16.5. The van der Waals surface area contributed by atoms with E-state index in [2.05, 4.69) is 13.0 Å². The van der Waals surface area contributed by atoms with Crippen LogP contribution in [0.25, 0.3) is 0 Å². The largest absolute Gasteiger partial charge is 1.00 e. The molecule has 0 amide bonds. The molecule has 8 fully saturated rings. The summed E-state index contributed by atoms with van der Waals surface area (Å²) in [5, 5.41) is 148. The maximum absolute atomic E-state index is 13.2. The monoisotopic (exact) mass is 1280 g/mol. The molecular weight excluding hydrogens is 1190 g/mol. The zero-order chi connectivity index (χ0) is 63.4. The van der Waals surface area contributed by atoms with Gasteiger partial charge in [0.15, 0.2) is 31.5 Å². The number of hydrogen-bond donors (Lipinski definition) is 13. The van der Waals surface area contributed by atoms with Crippen LogP contribution in [-0.2, 0) is 66.7 Å². The fourth-order valence-electron chi connectivity index (χ4n) is 16.0. The molecule has 0 aromatic rings. The summed E-state index contributed by atoms with van der Waals surface area (Å²) in [6, 6.07) is 0. The Morgan fingerprint density at radius 2 is 1.15 bits per heavy atom. The van der Waals surface area contributed by atoms with E-state index in [4.69, 9.17) is 51.6 Å². The quantitative estimate of drug-likeness (QED) is 0.0213. The first-order valence-corrected chi connectivity index (χ1v) is 31.6. The second kappa shape index (κ2) is 27.2. The van der Waals surface area contributed by atoms with Gasteiger partial charge in [-0.3, -0.25) is 8.98 Å². The first-order valence-electron chi connectivity index (χ1n) is 30.3. The summed E-state index contributed by atoms with van der Waals surface area (Å²) in [7, 11) is -5.16. The van der Waals surface area contributed by atoms with E-state index in [9.17, 15) is 84.1 Å². The average Bonchev–Trinajstić information content (AvgIpc) is 2.56. The molecule has 4 aliphatic carbocycles. The molecule has 87 heavy (non-hydrogen) atoms. The van der Waals surface area contributed by atoms with Crippen LogP contribution in [0.2, 0.25) is 0 Å². The van der Waals surface area contributed by atoms with Gasteiger partial charge < -0.3 is 118 Å². The number of fused-ring (bicyclic) bond motifs is 5. The van der Waals surface area contributed by atoms with Gasteiger partial charge in [0.1, 0.15) is 97.3 Å². The number of Topliss-reactive ketones (excluding diaryl/α,β-unsaturated/α-hetero) is 1. The molecule has 13 N–H and O–H groups in total. The predicted octanol–water partition coefficient (Wildman–Crippen LogP) is -5.28. The van der Waals surface area contributed by atoms with Gasteiger partial charge in [-0.2, -0.15) is 0 Å². The molecular formula is C57H93NaO28S. The van der Waals surface area contributed by atoms with Gasteiger partial charge in [0.2, 0.25) is 16.2 Å². The third-order valence-electron chi connectivity index (χ3n) is 20.7. The van der Waals surface area contributed by atoms with Gasteiger partial charge in [-0.15, -0.1) is 0 Å². The zero-order valence-electron chi connectivity index (χ0n) is 51.2. The Morgan fingerprint density at radius 1 is 0.644 bits per heavy atom. The molecule has 1 unspecified atom stereocenters. The Labute approximate surface area is 528 Å². The van der Waals surface area contributed by atoms with Crippen molar-refractivity contribution < 1.29 is 165 Å². The van der Waals surface area contributed by atoms with Crippen molar-refractivity contribution in [1.29, 1.82) is 0 Å². The average molecular weight is 1280 g/mol. The number of hydrogen-bond acceptors (Lipinski definition) is 28. The molecule has 5 saturated heterocycles. The molecule has 0 aromatic heterocycles. The predicted molar refractivity (Wildman–Crippen MR) is 288 cm³/mol. The minimum Gasteiger partial charge on any atom is -0.726 e. The zero-order valence-corrected chi connectivity index (χ0v) is 54.0. The molecule has 33 atom stereocenters. The summed E-state index contributed by atoms with van der Waals surface area (Å²) >= 11 is 0. The minimum atomic E-state index is -5.16. The number of carbonyl (C=O) groups is 1. The Hall–Kier alpha value is -0.640. The first-order chi connectivity index (χ1) is 39.9. The molecule has 5 heterocycles. The minimum absolute atomic E-state index is 0. The van der Waals surface area contributed by atoms with Gasteiger partial charge in [-0.25, -0.2) is 8.42 Å². The number of aliphatic hydroxyl groups excluding tert-OH is 10. The number of allylic oxidation sites excluding steroid dienone is 2. The molecule has 0 spiro atoms. The maximum Gasteiger partial charge on any atom is 1.00 e. The van der Waals surface area contributed by atoms with Crippen molar-refractivity contribution in [2.24, 2.45) is 40.4 Å². The van der Waals surface area contributed by atoms with Crippen LogP contribution in [0.15, 0.2) is 11.6 Å². The SMILES string of the molecule is CC(C)CC(=O)C[C@](C)(O)[C@H]1CC[C@H]2[C@@H]3C[C@H](O[C@@H]4O[C@H](C)C(O)(O)[C@H](O[C@@H]5O[C@H](C)[C@@H](O[C@@H]6O[C@H](C)[C@H](O)[C@H](O)[C@H]6O[C@@H]6O[C@H](C)[C@H](O)[C@H](O)[C@H]6O)[C@H](O)[C@H]5O[C@@H]5O[C@H](C)[C@@H](O)[C@H](O)[C@H]5O)[C@H]4O)C4C[C@@H](OS(=O)(=O)[O-])CC[C@]4(C)C3=CC[C@@]21C.[Na+]. The van der Waals surface area contributed by atoms with E-state index >= 15 is 0 Å². The van der Waals surface area contributed by atoms with Crippen LogP contribution in [-0.4, -0.2) is 256 Å². The number of ether oxygens (including phenoxy) is 10. The summed E-state index contributed by atoms with van der Waals surface area (Å²) in [4.78, 5) is 13.2. The Balaban J connectivity index is 0.00000982. The molecule has 28 nitrogen and oxygen atoms in total. The topological polar surface area (TPSA) is 439 Å². The molecule has 5 aliphatic heterocycles. The fraction of sp³-hybridized carbons (Fsp3) is 0.947. The van der Waals surface area contributed by atoms with Gasteiger partial charge in [0.25, 0.3) is 0 Å². The number of aliphatic hydroxyl groups is 13. The molecule has 0 aromatic carbocycles. The first kappa shape index (κ1) is 72.2. The Morgan fingerprint density at radius 3 is 1.71 bits per heavy atom. The van der Waals surface area contributed by atoms with Crippen LogP contribution in [0.3, 0.4) is 0 Å². The van der Waals surface area contributed by atoms with Crippen molar-refractivity contribution in [3.63, 3.8) is 0 Å². The molecule has 3 saturated carbocycles. The van der Waals surface area contributed by atoms with Crippen LogP contribution < -0.4 is 29.6 Å². The van der Waals surface area contributed by atoms with Crippen molar-refractivity contribution >= 4 is 16.2 Å². The Kier molecular flexibility index (Phi) is 22.6. The van der Waals surface area contributed by atoms with E-state index in [0.29, 0.717) is 32.1 Å².